The summed E-state index contributed by atoms with van der Waals surface area (Å²) in [6, 6.07) is 17.5. The van der Waals surface area contributed by atoms with Gasteiger partial charge in [0.1, 0.15) is 5.69 Å². The smallest absolute Gasteiger partial charge is 0.101 e. The standard InChI is InChI=1S/C21H23N3O/c1-15-19-5-3-4-6-20(19)21(23-22-15)18-9-7-17(8-10-18)16(2)24-11-13-25-14-12-24/h3-10,16H,11-14H2,1-2H3/t16-/m0/s1. The Morgan fingerprint density at radius 1 is 0.920 bits per heavy atom. The summed E-state index contributed by atoms with van der Waals surface area (Å²) in [7, 11) is 0. The Balaban J connectivity index is 1.65. The van der Waals surface area contributed by atoms with Crippen LogP contribution in [0.25, 0.3) is 22.0 Å². The molecule has 0 saturated carbocycles. The average molecular weight is 333 g/mol. The van der Waals surface area contributed by atoms with E-state index in [0.717, 1.165) is 48.6 Å². The molecule has 0 N–H and O–H groups in total. The van der Waals surface area contributed by atoms with Crippen LogP contribution in [-0.4, -0.2) is 41.4 Å². The van der Waals surface area contributed by atoms with Crippen molar-refractivity contribution in [3.05, 3.63) is 59.8 Å². The van der Waals surface area contributed by atoms with Crippen molar-refractivity contribution in [3.8, 4) is 11.3 Å². The summed E-state index contributed by atoms with van der Waals surface area (Å²) >= 11 is 0. The maximum atomic E-state index is 5.46. The van der Waals surface area contributed by atoms with Gasteiger partial charge in [-0.15, -0.1) is 5.10 Å². The van der Waals surface area contributed by atoms with Gasteiger partial charge in [0.15, 0.2) is 0 Å². The van der Waals surface area contributed by atoms with E-state index < -0.39 is 0 Å². The highest BCUT2D eigenvalue weighted by Gasteiger charge is 2.18. The number of morpholine rings is 1. The highest BCUT2D eigenvalue weighted by molar-refractivity contribution is 5.95. The van der Waals surface area contributed by atoms with Gasteiger partial charge in [0.2, 0.25) is 0 Å². The molecule has 4 nitrogen and oxygen atoms in total. The van der Waals surface area contributed by atoms with Gasteiger partial charge >= 0.3 is 0 Å². The Hall–Kier alpha value is -2.30. The molecule has 1 aliphatic rings. The molecule has 128 valence electrons. The van der Waals surface area contributed by atoms with Crippen LogP contribution in [0, 0.1) is 6.92 Å². The van der Waals surface area contributed by atoms with Gasteiger partial charge in [-0.1, -0.05) is 48.5 Å². The molecule has 0 bridgehead atoms. The van der Waals surface area contributed by atoms with E-state index in [2.05, 4.69) is 64.5 Å². The van der Waals surface area contributed by atoms with Crippen LogP contribution < -0.4 is 0 Å². The van der Waals surface area contributed by atoms with E-state index in [0.29, 0.717) is 6.04 Å². The van der Waals surface area contributed by atoms with Gasteiger partial charge in [0, 0.05) is 35.5 Å². The molecule has 3 aromatic rings. The molecule has 0 amide bonds. The number of rotatable bonds is 3. The van der Waals surface area contributed by atoms with Crippen molar-refractivity contribution in [1.82, 2.24) is 15.1 Å². The normalized spacial score (nSPS) is 16.9. The predicted molar refractivity (Wildman–Crippen MR) is 101 cm³/mol. The summed E-state index contributed by atoms with van der Waals surface area (Å²) in [5.41, 5.74) is 4.36. The number of hydrogen-bond donors (Lipinski definition) is 0. The van der Waals surface area contributed by atoms with Gasteiger partial charge in [0.05, 0.1) is 18.9 Å². The van der Waals surface area contributed by atoms with E-state index in [1.54, 1.807) is 0 Å². The zero-order valence-corrected chi connectivity index (χ0v) is 14.8. The third-order valence-electron chi connectivity index (χ3n) is 5.13. The lowest BCUT2D eigenvalue weighted by Gasteiger charge is -2.32. The lowest BCUT2D eigenvalue weighted by molar-refractivity contribution is 0.0198. The predicted octanol–water partition coefficient (Wildman–Crippen LogP) is 4.00. The largest absolute Gasteiger partial charge is 0.379 e. The number of hydrogen-bond acceptors (Lipinski definition) is 4. The highest BCUT2D eigenvalue weighted by atomic mass is 16.5. The van der Waals surface area contributed by atoms with Crippen molar-refractivity contribution >= 4 is 10.8 Å². The molecule has 1 fully saturated rings. The lowest BCUT2D eigenvalue weighted by Crippen LogP contribution is -2.37. The second-order valence-corrected chi connectivity index (χ2v) is 6.63. The molecule has 25 heavy (non-hydrogen) atoms. The second kappa shape index (κ2) is 6.90. The van der Waals surface area contributed by atoms with Crippen molar-refractivity contribution in [2.75, 3.05) is 26.3 Å². The Kier molecular flexibility index (Phi) is 4.47. The maximum Gasteiger partial charge on any atom is 0.101 e. The lowest BCUT2D eigenvalue weighted by atomic mass is 10.00. The van der Waals surface area contributed by atoms with Gasteiger partial charge in [-0.05, 0) is 19.4 Å². The third kappa shape index (κ3) is 3.15. The number of aryl methyl sites for hydroxylation is 1. The summed E-state index contributed by atoms with van der Waals surface area (Å²) in [6.45, 7) is 7.92. The van der Waals surface area contributed by atoms with Gasteiger partial charge in [-0.25, -0.2) is 0 Å². The molecule has 2 aromatic carbocycles. The van der Waals surface area contributed by atoms with Crippen LogP contribution in [-0.2, 0) is 4.74 Å². The van der Waals surface area contributed by atoms with Crippen LogP contribution in [0.3, 0.4) is 0 Å². The summed E-state index contributed by atoms with van der Waals surface area (Å²) < 4.78 is 5.46. The first-order valence-electron chi connectivity index (χ1n) is 8.88. The van der Waals surface area contributed by atoms with E-state index in [9.17, 15) is 0 Å². The summed E-state index contributed by atoms with van der Waals surface area (Å²) in [6.07, 6.45) is 0. The molecule has 1 aliphatic heterocycles. The van der Waals surface area contributed by atoms with E-state index in [1.807, 2.05) is 13.0 Å². The summed E-state index contributed by atoms with van der Waals surface area (Å²) in [5.74, 6) is 0. The maximum absolute atomic E-state index is 5.46. The van der Waals surface area contributed by atoms with E-state index >= 15 is 0 Å². The minimum atomic E-state index is 0.402. The fourth-order valence-electron chi connectivity index (χ4n) is 3.55. The molecule has 2 heterocycles. The molecule has 0 aliphatic carbocycles. The van der Waals surface area contributed by atoms with Crippen molar-refractivity contribution < 1.29 is 4.74 Å². The molecule has 0 spiro atoms. The van der Waals surface area contributed by atoms with E-state index in [-0.39, 0.29) is 0 Å². The quantitative estimate of drug-likeness (QED) is 0.726. The molecule has 1 saturated heterocycles. The average Bonchev–Trinajstić information content (AvgIpc) is 2.69. The van der Waals surface area contributed by atoms with E-state index in [4.69, 9.17) is 4.74 Å². The molecule has 1 atom stereocenters. The Morgan fingerprint density at radius 2 is 1.60 bits per heavy atom. The van der Waals surface area contributed by atoms with Crippen LogP contribution in [0.1, 0.15) is 24.2 Å². The molecule has 0 radical (unpaired) electrons. The SMILES string of the molecule is Cc1nnc(-c2ccc([C@H](C)N3CCOCC3)cc2)c2ccccc12. The van der Waals surface area contributed by atoms with Gasteiger partial charge < -0.3 is 4.74 Å². The monoisotopic (exact) mass is 333 g/mol. The number of nitrogens with zero attached hydrogens (tertiary/aromatic N) is 3. The number of ether oxygens (including phenoxy) is 1. The zero-order valence-electron chi connectivity index (χ0n) is 14.8. The molecular weight excluding hydrogens is 310 g/mol. The Bertz CT molecular complexity index is 870. The Labute approximate surface area is 148 Å². The van der Waals surface area contributed by atoms with Crippen molar-refractivity contribution in [1.29, 1.82) is 0 Å². The number of benzene rings is 2. The van der Waals surface area contributed by atoms with Crippen LogP contribution in [0.15, 0.2) is 48.5 Å². The number of aromatic nitrogens is 2. The van der Waals surface area contributed by atoms with Crippen LogP contribution in [0.4, 0.5) is 0 Å². The molecule has 4 rings (SSSR count). The first-order chi connectivity index (χ1) is 12.2. The third-order valence-corrected chi connectivity index (χ3v) is 5.13. The molecule has 0 unspecified atom stereocenters. The topological polar surface area (TPSA) is 38.2 Å². The van der Waals surface area contributed by atoms with Crippen LogP contribution in [0.5, 0.6) is 0 Å². The second-order valence-electron chi connectivity index (χ2n) is 6.63. The molecule has 1 aromatic heterocycles. The van der Waals surface area contributed by atoms with E-state index in [1.165, 1.54) is 10.9 Å². The van der Waals surface area contributed by atoms with Gasteiger partial charge in [-0.2, -0.15) is 5.10 Å². The Morgan fingerprint density at radius 3 is 2.32 bits per heavy atom. The van der Waals surface area contributed by atoms with Crippen LogP contribution >= 0.6 is 0 Å². The highest BCUT2D eigenvalue weighted by Crippen LogP contribution is 2.29. The summed E-state index contributed by atoms with van der Waals surface area (Å²) in [4.78, 5) is 2.47. The van der Waals surface area contributed by atoms with Crippen molar-refractivity contribution in [2.24, 2.45) is 0 Å². The number of fused-ring (bicyclic) bond motifs is 1. The van der Waals surface area contributed by atoms with Gasteiger partial charge in [-0.3, -0.25) is 4.90 Å². The fourth-order valence-corrected chi connectivity index (χ4v) is 3.55. The molecule has 4 heteroatoms. The van der Waals surface area contributed by atoms with Crippen LogP contribution in [0.2, 0.25) is 0 Å². The van der Waals surface area contributed by atoms with Crippen molar-refractivity contribution in [3.63, 3.8) is 0 Å². The van der Waals surface area contributed by atoms with Crippen molar-refractivity contribution in [2.45, 2.75) is 19.9 Å². The van der Waals surface area contributed by atoms with Gasteiger partial charge in [0.25, 0.3) is 0 Å². The summed E-state index contributed by atoms with van der Waals surface area (Å²) in [5, 5.41) is 11.1. The zero-order chi connectivity index (χ0) is 17.2. The first-order valence-corrected chi connectivity index (χ1v) is 8.88. The fraction of sp³-hybridized carbons (Fsp3) is 0.333. The first kappa shape index (κ1) is 16.2. The minimum absolute atomic E-state index is 0.402. The minimum Gasteiger partial charge on any atom is -0.379 e. The molecular formula is C21H23N3O.